The molecule has 0 aromatic rings. The summed E-state index contributed by atoms with van der Waals surface area (Å²) in [6.07, 6.45) is 9.66. The van der Waals surface area contributed by atoms with Gasteiger partial charge >= 0.3 is 10.4 Å². The highest BCUT2D eigenvalue weighted by Gasteiger charge is 2.58. The van der Waals surface area contributed by atoms with E-state index in [-0.39, 0.29) is 6.10 Å². The molecule has 4 aliphatic rings. The van der Waals surface area contributed by atoms with Crippen LogP contribution < -0.4 is 0 Å². The Balaban J connectivity index is 1.54. The number of hydrogen-bond acceptors (Lipinski definition) is 3. The lowest BCUT2D eigenvalue weighted by Gasteiger charge is -2.60. The van der Waals surface area contributed by atoms with Crippen LogP contribution in [-0.2, 0) is 14.6 Å². The van der Waals surface area contributed by atoms with E-state index in [9.17, 15) is 8.42 Å². The maximum Gasteiger partial charge on any atom is 0.397 e. The molecule has 4 aliphatic carbocycles. The number of rotatable bonds is 2. The van der Waals surface area contributed by atoms with Gasteiger partial charge in [-0.1, -0.05) is 26.0 Å². The molecule has 0 amide bonds. The lowest BCUT2D eigenvalue weighted by molar-refractivity contribution is -0.118. The number of hydrogen-bond donors (Lipinski definition) is 1. The molecule has 0 heterocycles. The molecule has 142 valence electrons. The lowest BCUT2D eigenvalue weighted by atomic mass is 9.45. The van der Waals surface area contributed by atoms with Gasteiger partial charge in [0.25, 0.3) is 0 Å². The SMILES string of the molecule is C=C1C[C@H]2[C@@H]3CC[C@@H]4C[C@H](OS(=O)(=O)O)CC[C@]4(C)[C@H]3CC[C@]2(C)C1. The van der Waals surface area contributed by atoms with E-state index >= 15 is 0 Å². The molecule has 0 saturated heterocycles. The monoisotopic (exact) mass is 368 g/mol. The predicted octanol–water partition coefficient (Wildman–Crippen LogP) is 4.77. The minimum atomic E-state index is -4.34. The van der Waals surface area contributed by atoms with Gasteiger partial charge in [0.05, 0.1) is 6.10 Å². The van der Waals surface area contributed by atoms with Crippen molar-refractivity contribution in [3.05, 3.63) is 12.2 Å². The van der Waals surface area contributed by atoms with E-state index in [1.165, 1.54) is 44.1 Å². The molecule has 0 aromatic carbocycles. The van der Waals surface area contributed by atoms with E-state index in [0.717, 1.165) is 37.0 Å². The second-order valence-corrected chi connectivity index (χ2v) is 10.9. The second kappa shape index (κ2) is 5.80. The summed E-state index contributed by atoms with van der Waals surface area (Å²) in [7, 11) is -4.34. The maximum absolute atomic E-state index is 11.1. The summed E-state index contributed by atoms with van der Waals surface area (Å²) >= 11 is 0. The zero-order valence-corrected chi connectivity index (χ0v) is 16.4. The molecular weight excluding hydrogens is 336 g/mol. The molecule has 5 heteroatoms. The summed E-state index contributed by atoms with van der Waals surface area (Å²) < 4.78 is 36.1. The van der Waals surface area contributed by atoms with Gasteiger partial charge in [-0.05, 0) is 92.3 Å². The van der Waals surface area contributed by atoms with E-state index < -0.39 is 10.4 Å². The van der Waals surface area contributed by atoms with Crippen molar-refractivity contribution in [1.29, 1.82) is 0 Å². The third-order valence-corrected chi connectivity index (χ3v) is 9.07. The standard InChI is InChI=1S/C20H32O4S/c1-13-10-18-16-5-4-14-11-15(24-25(21,22)23)6-9-20(14,3)17(16)7-8-19(18,2)12-13/h14-18H,1,4-12H2,2-3H3,(H,21,22,23)/t14-,15-,16-,17+,18+,19-,20+/m1/s1. The average Bonchev–Trinajstić information content (AvgIpc) is 2.80. The first-order valence-electron chi connectivity index (χ1n) is 9.93. The van der Waals surface area contributed by atoms with Crippen molar-refractivity contribution in [2.75, 3.05) is 0 Å². The van der Waals surface area contributed by atoms with Gasteiger partial charge in [0, 0.05) is 0 Å². The molecule has 0 unspecified atom stereocenters. The quantitative estimate of drug-likeness (QED) is 0.563. The van der Waals surface area contributed by atoms with Crippen LogP contribution in [0.5, 0.6) is 0 Å². The van der Waals surface area contributed by atoms with Crippen LogP contribution in [0.4, 0.5) is 0 Å². The van der Waals surface area contributed by atoms with Crippen LogP contribution >= 0.6 is 0 Å². The van der Waals surface area contributed by atoms with Gasteiger partial charge in [0.2, 0.25) is 0 Å². The van der Waals surface area contributed by atoms with Gasteiger partial charge in [-0.2, -0.15) is 8.42 Å². The first kappa shape index (κ1) is 18.0. The molecule has 0 spiro atoms. The first-order valence-corrected chi connectivity index (χ1v) is 11.3. The molecule has 7 atom stereocenters. The fraction of sp³-hybridized carbons (Fsp3) is 0.900. The summed E-state index contributed by atoms with van der Waals surface area (Å²) in [6, 6.07) is 0. The Labute approximate surface area is 152 Å². The molecule has 4 fully saturated rings. The predicted molar refractivity (Wildman–Crippen MR) is 97.3 cm³/mol. The number of fused-ring (bicyclic) bond motifs is 5. The highest BCUT2D eigenvalue weighted by molar-refractivity contribution is 7.80. The van der Waals surface area contributed by atoms with Crippen LogP contribution in [0.15, 0.2) is 12.2 Å². The van der Waals surface area contributed by atoms with Crippen LogP contribution in [0.25, 0.3) is 0 Å². The first-order chi connectivity index (χ1) is 11.6. The van der Waals surface area contributed by atoms with Crippen molar-refractivity contribution in [3.63, 3.8) is 0 Å². The summed E-state index contributed by atoms with van der Waals surface area (Å²) in [6.45, 7) is 9.24. The minimum absolute atomic E-state index is 0.299. The van der Waals surface area contributed by atoms with Gasteiger partial charge in [0.1, 0.15) is 0 Å². The maximum atomic E-state index is 11.1. The minimum Gasteiger partial charge on any atom is -0.264 e. The van der Waals surface area contributed by atoms with Gasteiger partial charge in [-0.3, -0.25) is 4.55 Å². The molecule has 4 nitrogen and oxygen atoms in total. The van der Waals surface area contributed by atoms with Crippen LogP contribution in [0.1, 0.15) is 71.6 Å². The second-order valence-electron chi connectivity index (χ2n) is 9.90. The molecule has 25 heavy (non-hydrogen) atoms. The van der Waals surface area contributed by atoms with Crippen molar-refractivity contribution in [1.82, 2.24) is 0 Å². The third kappa shape index (κ3) is 3.00. The lowest BCUT2D eigenvalue weighted by Crippen LogP contribution is -2.53. The molecule has 0 bridgehead atoms. The summed E-state index contributed by atoms with van der Waals surface area (Å²) in [5, 5.41) is 0. The fourth-order valence-electron chi connectivity index (χ4n) is 7.44. The van der Waals surface area contributed by atoms with Crippen molar-refractivity contribution in [3.8, 4) is 0 Å². The Bertz CT molecular complexity index is 671. The Morgan fingerprint density at radius 3 is 2.60 bits per heavy atom. The Hall–Kier alpha value is -0.390. The highest BCUT2D eigenvalue weighted by Crippen LogP contribution is 2.66. The summed E-state index contributed by atoms with van der Waals surface area (Å²) in [5.41, 5.74) is 2.21. The zero-order chi connectivity index (χ0) is 18.0. The molecule has 0 radical (unpaired) electrons. The van der Waals surface area contributed by atoms with E-state index in [4.69, 9.17) is 8.74 Å². The van der Waals surface area contributed by atoms with Crippen LogP contribution in [-0.4, -0.2) is 19.1 Å². The van der Waals surface area contributed by atoms with Crippen molar-refractivity contribution in [2.24, 2.45) is 34.5 Å². The van der Waals surface area contributed by atoms with Gasteiger partial charge in [-0.25, -0.2) is 4.18 Å². The summed E-state index contributed by atoms with van der Waals surface area (Å²) in [5.74, 6) is 2.87. The van der Waals surface area contributed by atoms with Gasteiger partial charge in [-0.15, -0.1) is 0 Å². The fourth-order valence-corrected chi connectivity index (χ4v) is 7.96. The Morgan fingerprint density at radius 1 is 1.12 bits per heavy atom. The summed E-state index contributed by atoms with van der Waals surface area (Å²) in [4.78, 5) is 0. The zero-order valence-electron chi connectivity index (χ0n) is 15.5. The van der Waals surface area contributed by atoms with E-state index in [1.807, 2.05) is 0 Å². The van der Waals surface area contributed by atoms with Gasteiger partial charge in [0.15, 0.2) is 0 Å². The average molecular weight is 369 g/mol. The van der Waals surface area contributed by atoms with Crippen molar-refractivity contribution < 1.29 is 17.2 Å². The Kier molecular flexibility index (Phi) is 4.18. The molecule has 1 N–H and O–H groups in total. The van der Waals surface area contributed by atoms with E-state index in [1.54, 1.807) is 0 Å². The van der Waals surface area contributed by atoms with Crippen LogP contribution in [0, 0.1) is 34.5 Å². The van der Waals surface area contributed by atoms with Gasteiger partial charge < -0.3 is 0 Å². The molecule has 4 rings (SSSR count). The largest absolute Gasteiger partial charge is 0.397 e. The Morgan fingerprint density at radius 2 is 1.88 bits per heavy atom. The van der Waals surface area contributed by atoms with Crippen LogP contribution in [0.3, 0.4) is 0 Å². The topological polar surface area (TPSA) is 63.6 Å². The normalized spacial score (nSPS) is 50.0. The van der Waals surface area contributed by atoms with E-state index in [2.05, 4.69) is 20.4 Å². The highest BCUT2D eigenvalue weighted by atomic mass is 32.3. The third-order valence-electron chi connectivity index (χ3n) is 8.56. The smallest absolute Gasteiger partial charge is 0.264 e. The molecular formula is C20H32O4S. The molecule has 4 saturated carbocycles. The number of allylic oxidation sites excluding steroid dienone is 1. The van der Waals surface area contributed by atoms with Crippen molar-refractivity contribution in [2.45, 2.75) is 77.7 Å². The molecule has 0 aliphatic heterocycles. The molecule has 0 aromatic heterocycles. The van der Waals surface area contributed by atoms with Crippen LogP contribution in [0.2, 0.25) is 0 Å². The van der Waals surface area contributed by atoms with E-state index in [0.29, 0.717) is 16.7 Å². The van der Waals surface area contributed by atoms with Crippen molar-refractivity contribution >= 4 is 10.4 Å².